The Hall–Kier alpha value is -0.940. The summed E-state index contributed by atoms with van der Waals surface area (Å²) in [4.78, 5) is 0. The van der Waals surface area contributed by atoms with Gasteiger partial charge in [-0.2, -0.15) is 0 Å². The molecule has 2 saturated heterocycles. The normalized spacial score (nSPS) is 35.3. The first kappa shape index (κ1) is 14.0. The summed E-state index contributed by atoms with van der Waals surface area (Å²) in [6, 6.07) is 10.1. The molecule has 1 aromatic carbocycles. The van der Waals surface area contributed by atoms with Gasteiger partial charge >= 0.3 is 0 Å². The average Bonchev–Trinajstić information content (AvgIpc) is 2.70. The van der Waals surface area contributed by atoms with Gasteiger partial charge in [0.15, 0.2) is 5.79 Å². The van der Waals surface area contributed by atoms with Crippen molar-refractivity contribution in [1.82, 2.24) is 0 Å². The summed E-state index contributed by atoms with van der Waals surface area (Å²) in [5.41, 5.74) is 0.238. The van der Waals surface area contributed by atoms with Crippen LogP contribution in [-0.4, -0.2) is 24.5 Å². The molecular formula is C16H23NO3. The van der Waals surface area contributed by atoms with Crippen LogP contribution in [0, 0.1) is 5.21 Å². The molecule has 0 radical (unpaired) electrons. The van der Waals surface area contributed by atoms with Crippen molar-refractivity contribution in [2.24, 2.45) is 0 Å². The summed E-state index contributed by atoms with van der Waals surface area (Å²) in [5, 5.41) is 13.3. The Labute approximate surface area is 120 Å². The van der Waals surface area contributed by atoms with E-state index < -0.39 is 16.9 Å². The van der Waals surface area contributed by atoms with Crippen molar-refractivity contribution in [3.63, 3.8) is 0 Å². The number of rotatable bonds is 1. The molecule has 2 heterocycles. The zero-order chi connectivity index (χ0) is 14.4. The Morgan fingerprint density at radius 3 is 2.20 bits per heavy atom. The van der Waals surface area contributed by atoms with Gasteiger partial charge in [0.2, 0.25) is 0 Å². The minimum absolute atomic E-state index is 0.270. The van der Waals surface area contributed by atoms with Gasteiger partial charge in [0.25, 0.3) is 0 Å². The van der Waals surface area contributed by atoms with Crippen molar-refractivity contribution in [3.8, 4) is 0 Å². The highest BCUT2D eigenvalue weighted by Gasteiger charge is 2.56. The molecule has 2 aliphatic heterocycles. The predicted molar refractivity (Wildman–Crippen MR) is 76.1 cm³/mol. The van der Waals surface area contributed by atoms with E-state index in [-0.39, 0.29) is 5.06 Å². The average molecular weight is 277 g/mol. The van der Waals surface area contributed by atoms with E-state index in [1.807, 2.05) is 44.2 Å². The van der Waals surface area contributed by atoms with Crippen LogP contribution in [0.15, 0.2) is 30.3 Å². The first-order valence-corrected chi connectivity index (χ1v) is 7.26. The molecule has 0 amide bonds. The number of benzene rings is 1. The summed E-state index contributed by atoms with van der Waals surface area (Å²) < 4.78 is 11.5. The minimum Gasteiger partial charge on any atom is -0.633 e. The second-order valence-electron chi connectivity index (χ2n) is 6.78. The smallest absolute Gasteiger partial charge is 0.163 e. The predicted octanol–water partition coefficient (Wildman–Crippen LogP) is 1.60. The number of ether oxygens (including phenoxy) is 2. The highest BCUT2D eigenvalue weighted by Crippen LogP contribution is 2.36. The fourth-order valence-electron chi connectivity index (χ4n) is 3.37. The minimum atomic E-state index is -0.572. The van der Waals surface area contributed by atoms with E-state index in [1.54, 1.807) is 0 Å². The second-order valence-corrected chi connectivity index (χ2v) is 6.78. The maximum atomic E-state index is 13.1. The van der Waals surface area contributed by atoms with E-state index in [9.17, 15) is 5.21 Å². The molecule has 1 aromatic rings. The van der Waals surface area contributed by atoms with Gasteiger partial charge in [-0.25, -0.2) is 0 Å². The van der Waals surface area contributed by atoms with E-state index in [2.05, 4.69) is 6.92 Å². The Morgan fingerprint density at radius 1 is 1.00 bits per heavy atom. The van der Waals surface area contributed by atoms with Gasteiger partial charge in [-0.1, -0.05) is 30.3 Å². The van der Waals surface area contributed by atoms with E-state index in [1.165, 1.54) is 0 Å². The third kappa shape index (κ3) is 2.07. The number of nitrogens with one attached hydrogen (secondary N) is 1. The first-order valence-electron chi connectivity index (χ1n) is 7.26. The van der Waals surface area contributed by atoms with Crippen molar-refractivity contribution in [3.05, 3.63) is 41.1 Å². The SMILES string of the molecule is CC1(C)OCC2(CCC(C)(c3ccccc3)[NH+]2[O-])CO1. The monoisotopic (exact) mass is 277 g/mol. The van der Waals surface area contributed by atoms with E-state index in [0.29, 0.717) is 13.2 Å². The maximum absolute atomic E-state index is 13.1. The van der Waals surface area contributed by atoms with Gasteiger partial charge in [-0.15, -0.1) is 0 Å². The molecule has 0 bridgehead atoms. The quantitative estimate of drug-likeness (QED) is 0.793. The van der Waals surface area contributed by atoms with Crippen LogP contribution in [0.1, 0.15) is 39.2 Å². The molecule has 0 aromatic heterocycles. The lowest BCUT2D eigenvalue weighted by atomic mass is 9.90. The molecule has 110 valence electrons. The highest BCUT2D eigenvalue weighted by atomic mass is 16.7. The van der Waals surface area contributed by atoms with Crippen LogP contribution < -0.4 is 5.06 Å². The molecule has 4 nitrogen and oxygen atoms in total. The van der Waals surface area contributed by atoms with E-state index in [0.717, 1.165) is 18.4 Å². The number of quaternary nitrogens is 1. The summed E-state index contributed by atoms with van der Waals surface area (Å²) >= 11 is 0. The van der Waals surface area contributed by atoms with Crippen molar-refractivity contribution in [2.45, 2.75) is 50.5 Å². The number of hydrogen-bond acceptors (Lipinski definition) is 3. The maximum Gasteiger partial charge on any atom is 0.163 e. The largest absolute Gasteiger partial charge is 0.633 e. The van der Waals surface area contributed by atoms with Gasteiger partial charge in [-0.05, 0) is 20.8 Å². The van der Waals surface area contributed by atoms with Crippen LogP contribution in [0.3, 0.4) is 0 Å². The van der Waals surface area contributed by atoms with Crippen molar-refractivity contribution >= 4 is 0 Å². The standard InChI is InChI=1S/C16H23NO3/c1-14(2)19-11-16(12-20-14)10-9-15(3,17(16)18)13-7-5-4-6-8-13/h4-8,17H,9-12H2,1-3H3. The van der Waals surface area contributed by atoms with E-state index >= 15 is 0 Å². The van der Waals surface area contributed by atoms with Crippen LogP contribution in [0.25, 0.3) is 0 Å². The lowest BCUT2D eigenvalue weighted by Gasteiger charge is -2.49. The molecule has 2 fully saturated rings. The lowest BCUT2D eigenvalue weighted by Crippen LogP contribution is -3.21. The molecule has 0 saturated carbocycles. The van der Waals surface area contributed by atoms with E-state index in [4.69, 9.17) is 9.47 Å². The van der Waals surface area contributed by atoms with Crippen LogP contribution in [0.2, 0.25) is 0 Å². The molecule has 1 spiro atoms. The third-order valence-corrected chi connectivity index (χ3v) is 4.89. The molecule has 3 rings (SSSR count). The first-order chi connectivity index (χ1) is 9.38. The van der Waals surface area contributed by atoms with Gasteiger partial charge in [0.05, 0.1) is 0 Å². The summed E-state index contributed by atoms with van der Waals surface area (Å²) in [6.45, 7) is 6.80. The number of hydrogen-bond donors (Lipinski definition) is 1. The van der Waals surface area contributed by atoms with Crippen molar-refractivity contribution in [1.29, 1.82) is 0 Å². The molecule has 2 unspecified atom stereocenters. The van der Waals surface area contributed by atoms with Crippen LogP contribution >= 0.6 is 0 Å². The van der Waals surface area contributed by atoms with Crippen LogP contribution in [-0.2, 0) is 15.0 Å². The second kappa shape index (κ2) is 4.53. The molecule has 0 aliphatic carbocycles. The Morgan fingerprint density at radius 2 is 1.60 bits per heavy atom. The summed E-state index contributed by atoms with van der Waals surface area (Å²) in [6.07, 6.45) is 1.70. The van der Waals surface area contributed by atoms with Crippen molar-refractivity contribution < 1.29 is 14.5 Å². The van der Waals surface area contributed by atoms with Crippen LogP contribution in [0.4, 0.5) is 0 Å². The molecule has 20 heavy (non-hydrogen) atoms. The number of hydroxylamine groups is 2. The molecular weight excluding hydrogens is 254 g/mol. The zero-order valence-corrected chi connectivity index (χ0v) is 12.4. The third-order valence-electron chi connectivity index (χ3n) is 4.89. The molecule has 1 N–H and O–H groups in total. The molecule has 2 atom stereocenters. The Kier molecular flexibility index (Phi) is 3.18. The topological polar surface area (TPSA) is 46.0 Å². The van der Waals surface area contributed by atoms with Gasteiger partial charge in [-0.3, -0.25) is 0 Å². The summed E-state index contributed by atoms with van der Waals surface area (Å²) in [5.74, 6) is -0.572. The molecule has 2 aliphatic rings. The van der Waals surface area contributed by atoms with Gasteiger partial charge in [0, 0.05) is 18.4 Å². The van der Waals surface area contributed by atoms with Gasteiger partial charge in [0.1, 0.15) is 24.3 Å². The zero-order valence-electron chi connectivity index (χ0n) is 12.4. The Balaban J connectivity index is 1.86. The summed E-state index contributed by atoms with van der Waals surface area (Å²) in [7, 11) is 0. The fraction of sp³-hybridized carbons (Fsp3) is 0.625. The van der Waals surface area contributed by atoms with Crippen LogP contribution in [0.5, 0.6) is 0 Å². The van der Waals surface area contributed by atoms with Gasteiger partial charge < -0.3 is 19.7 Å². The van der Waals surface area contributed by atoms with Crippen molar-refractivity contribution in [2.75, 3.05) is 13.2 Å². The lowest BCUT2D eigenvalue weighted by molar-refractivity contribution is -0.950. The highest BCUT2D eigenvalue weighted by molar-refractivity contribution is 5.23. The molecule has 4 heteroatoms. The fourth-order valence-corrected chi connectivity index (χ4v) is 3.37. The Bertz CT molecular complexity index is 478.